The Hall–Kier alpha value is -2.38. The maximum Gasteiger partial charge on any atom is 0.206 e. The van der Waals surface area contributed by atoms with Crippen LogP contribution in [0.15, 0.2) is 53.4 Å². The van der Waals surface area contributed by atoms with Gasteiger partial charge in [0.15, 0.2) is 9.84 Å². The zero-order valence-electron chi connectivity index (χ0n) is 15.4. The van der Waals surface area contributed by atoms with Crippen LogP contribution >= 0.6 is 0 Å². The number of piperidine rings is 1. The minimum Gasteiger partial charge on any atom is -0.341 e. The Labute approximate surface area is 159 Å². The molecule has 3 aromatic rings. The number of fused-ring (bicyclic) bond motifs is 1. The molecule has 0 amide bonds. The fourth-order valence-electron chi connectivity index (χ4n) is 3.68. The summed E-state index contributed by atoms with van der Waals surface area (Å²) < 4.78 is 25.6. The Kier molecular flexibility index (Phi) is 4.65. The summed E-state index contributed by atoms with van der Waals surface area (Å²) in [5.41, 5.74) is 9.24. The van der Waals surface area contributed by atoms with Gasteiger partial charge in [0, 0.05) is 25.4 Å². The molecule has 142 valence electrons. The lowest BCUT2D eigenvalue weighted by Gasteiger charge is -2.32. The van der Waals surface area contributed by atoms with Crippen molar-refractivity contribution in [2.45, 2.75) is 30.3 Å². The number of anilines is 1. The third-order valence-corrected chi connectivity index (χ3v) is 6.20. The second-order valence-corrected chi connectivity index (χ2v) is 9.27. The minimum absolute atomic E-state index is 0.168. The molecular weight excluding hydrogens is 360 g/mol. The molecule has 0 spiro atoms. The Bertz CT molecular complexity index is 1060. The quantitative estimate of drug-likeness (QED) is 0.747. The maximum absolute atomic E-state index is 11.7. The van der Waals surface area contributed by atoms with E-state index in [1.54, 1.807) is 12.1 Å². The molecule has 1 aliphatic rings. The van der Waals surface area contributed by atoms with E-state index in [4.69, 9.17) is 10.7 Å². The second kappa shape index (κ2) is 6.98. The van der Waals surface area contributed by atoms with E-state index in [9.17, 15) is 8.42 Å². The van der Waals surface area contributed by atoms with Crippen LogP contribution in [-0.4, -0.2) is 43.4 Å². The van der Waals surface area contributed by atoms with Crippen LogP contribution in [0, 0.1) is 0 Å². The van der Waals surface area contributed by atoms with Crippen LogP contribution < -0.4 is 10.6 Å². The molecule has 4 rings (SSSR count). The molecule has 1 fully saturated rings. The van der Waals surface area contributed by atoms with Crippen molar-refractivity contribution in [3.63, 3.8) is 0 Å². The molecular formula is C20H24N4O2S. The highest BCUT2D eigenvalue weighted by molar-refractivity contribution is 7.90. The van der Waals surface area contributed by atoms with Crippen molar-refractivity contribution in [2.75, 3.05) is 24.2 Å². The van der Waals surface area contributed by atoms with Gasteiger partial charge in [-0.25, -0.2) is 13.4 Å². The first-order valence-electron chi connectivity index (χ1n) is 9.16. The number of hydrogen-bond donors (Lipinski definition) is 1. The van der Waals surface area contributed by atoms with E-state index in [0.29, 0.717) is 11.4 Å². The largest absolute Gasteiger partial charge is 0.341 e. The maximum atomic E-state index is 11.7. The van der Waals surface area contributed by atoms with Gasteiger partial charge in [-0.15, -0.1) is 0 Å². The molecule has 7 heteroatoms. The lowest BCUT2D eigenvalue weighted by atomic mass is 10.1. The molecule has 0 bridgehead atoms. The van der Waals surface area contributed by atoms with E-state index in [-0.39, 0.29) is 6.04 Å². The zero-order chi connectivity index (χ0) is 19.0. The summed E-state index contributed by atoms with van der Waals surface area (Å²) in [5, 5.41) is 0. The number of nitrogens with two attached hydrogens (primary N) is 1. The predicted molar refractivity (Wildman–Crippen MR) is 108 cm³/mol. The summed E-state index contributed by atoms with van der Waals surface area (Å²) in [6.45, 7) is 2.38. The second-order valence-electron chi connectivity index (χ2n) is 7.25. The van der Waals surface area contributed by atoms with Gasteiger partial charge in [-0.3, -0.25) is 0 Å². The minimum atomic E-state index is -3.19. The number of para-hydroxylation sites is 2. The zero-order valence-corrected chi connectivity index (χ0v) is 16.2. The fourth-order valence-corrected chi connectivity index (χ4v) is 4.31. The molecule has 0 saturated carbocycles. The highest BCUT2D eigenvalue weighted by Gasteiger charge is 2.22. The molecule has 1 aromatic heterocycles. The van der Waals surface area contributed by atoms with Crippen molar-refractivity contribution in [3.8, 4) is 0 Å². The highest BCUT2D eigenvalue weighted by atomic mass is 32.2. The summed E-state index contributed by atoms with van der Waals surface area (Å²) in [6, 6.07) is 15.3. The Balaban J connectivity index is 1.72. The standard InChI is InChI=1S/C20H24N4O2S/c1-27(25,26)17-10-8-15(9-11-17)13-24-19-7-3-2-6-18(19)22-20(24)23-12-4-5-16(21)14-23/h2-3,6-11,16H,4-5,12-14,21H2,1H3. The van der Waals surface area contributed by atoms with Crippen molar-refractivity contribution < 1.29 is 8.42 Å². The molecule has 1 aliphatic heterocycles. The summed E-state index contributed by atoms with van der Waals surface area (Å²) >= 11 is 0. The van der Waals surface area contributed by atoms with Gasteiger partial charge in [0.25, 0.3) is 0 Å². The first-order valence-corrected chi connectivity index (χ1v) is 11.1. The molecule has 1 atom stereocenters. The SMILES string of the molecule is CS(=O)(=O)c1ccc(Cn2c(N3CCCC(N)C3)nc3ccccc32)cc1. The van der Waals surface area contributed by atoms with E-state index in [0.717, 1.165) is 48.5 Å². The van der Waals surface area contributed by atoms with Crippen LogP contribution in [-0.2, 0) is 16.4 Å². The van der Waals surface area contributed by atoms with Gasteiger partial charge in [-0.05, 0) is 42.7 Å². The van der Waals surface area contributed by atoms with Crippen molar-refractivity contribution in [3.05, 3.63) is 54.1 Å². The molecule has 6 nitrogen and oxygen atoms in total. The van der Waals surface area contributed by atoms with Crippen LogP contribution in [0.3, 0.4) is 0 Å². The third kappa shape index (κ3) is 3.70. The number of nitrogens with zero attached hydrogens (tertiary/aromatic N) is 3. The average Bonchev–Trinajstić information content (AvgIpc) is 3.00. The average molecular weight is 385 g/mol. The molecule has 2 heterocycles. The summed E-state index contributed by atoms with van der Waals surface area (Å²) in [6.07, 6.45) is 3.33. The van der Waals surface area contributed by atoms with Gasteiger partial charge in [0.2, 0.25) is 5.95 Å². The fraction of sp³-hybridized carbons (Fsp3) is 0.350. The molecule has 0 radical (unpaired) electrons. The normalized spacial score (nSPS) is 18.1. The molecule has 27 heavy (non-hydrogen) atoms. The van der Waals surface area contributed by atoms with E-state index >= 15 is 0 Å². The lowest BCUT2D eigenvalue weighted by molar-refractivity contribution is 0.495. The number of aromatic nitrogens is 2. The van der Waals surface area contributed by atoms with Gasteiger partial charge in [0.1, 0.15) is 0 Å². The van der Waals surface area contributed by atoms with E-state index in [1.807, 2.05) is 30.3 Å². The monoisotopic (exact) mass is 384 g/mol. The van der Waals surface area contributed by atoms with Crippen LogP contribution in [0.1, 0.15) is 18.4 Å². The summed E-state index contributed by atoms with van der Waals surface area (Å²) in [7, 11) is -3.19. The lowest BCUT2D eigenvalue weighted by Crippen LogP contribution is -2.44. The van der Waals surface area contributed by atoms with Gasteiger partial charge >= 0.3 is 0 Å². The summed E-state index contributed by atoms with van der Waals surface area (Å²) in [4.78, 5) is 7.46. The Morgan fingerprint density at radius 1 is 1.15 bits per heavy atom. The van der Waals surface area contributed by atoms with E-state index in [1.165, 1.54) is 6.26 Å². The number of imidazole rings is 1. The van der Waals surface area contributed by atoms with Gasteiger partial charge in [-0.2, -0.15) is 0 Å². The molecule has 1 saturated heterocycles. The summed E-state index contributed by atoms with van der Waals surface area (Å²) in [5.74, 6) is 0.929. The number of benzene rings is 2. The van der Waals surface area contributed by atoms with Crippen molar-refractivity contribution in [1.82, 2.24) is 9.55 Å². The van der Waals surface area contributed by atoms with Crippen molar-refractivity contribution in [2.24, 2.45) is 5.73 Å². The Morgan fingerprint density at radius 2 is 1.89 bits per heavy atom. The van der Waals surface area contributed by atoms with Crippen LogP contribution in [0.4, 0.5) is 5.95 Å². The van der Waals surface area contributed by atoms with Crippen molar-refractivity contribution in [1.29, 1.82) is 0 Å². The molecule has 1 unspecified atom stereocenters. The van der Waals surface area contributed by atoms with Crippen molar-refractivity contribution >= 4 is 26.8 Å². The van der Waals surface area contributed by atoms with E-state index < -0.39 is 9.84 Å². The first-order chi connectivity index (χ1) is 12.9. The number of sulfone groups is 1. The first kappa shape index (κ1) is 18.0. The molecule has 2 N–H and O–H groups in total. The molecule has 0 aliphatic carbocycles. The van der Waals surface area contributed by atoms with Crippen LogP contribution in [0.25, 0.3) is 11.0 Å². The van der Waals surface area contributed by atoms with Gasteiger partial charge < -0.3 is 15.2 Å². The third-order valence-electron chi connectivity index (χ3n) is 5.07. The van der Waals surface area contributed by atoms with Crippen LogP contribution in [0.2, 0.25) is 0 Å². The van der Waals surface area contributed by atoms with Crippen LogP contribution in [0.5, 0.6) is 0 Å². The van der Waals surface area contributed by atoms with E-state index in [2.05, 4.69) is 15.5 Å². The smallest absolute Gasteiger partial charge is 0.206 e. The topological polar surface area (TPSA) is 81.2 Å². The highest BCUT2D eigenvalue weighted by Crippen LogP contribution is 2.26. The predicted octanol–water partition coefficient (Wildman–Crippen LogP) is 2.42. The Morgan fingerprint density at radius 3 is 2.59 bits per heavy atom. The molecule has 2 aromatic carbocycles. The number of rotatable bonds is 4. The number of hydrogen-bond acceptors (Lipinski definition) is 5. The van der Waals surface area contributed by atoms with Gasteiger partial charge in [0.05, 0.1) is 22.5 Å². The van der Waals surface area contributed by atoms with Gasteiger partial charge in [-0.1, -0.05) is 24.3 Å².